The smallest absolute Gasteiger partial charge is 0.344 e. The van der Waals surface area contributed by atoms with Gasteiger partial charge in [0, 0.05) is 11.6 Å². The Bertz CT molecular complexity index is 1360. The number of aromatic hydroxyl groups is 1. The molecule has 0 atom stereocenters. The van der Waals surface area contributed by atoms with Crippen LogP contribution >= 0.6 is 0 Å². The van der Waals surface area contributed by atoms with Crippen LogP contribution in [0.25, 0.3) is 0 Å². The first-order valence-electron chi connectivity index (χ1n) is 10.5. The number of phenols is 1. The van der Waals surface area contributed by atoms with E-state index in [9.17, 15) is 9.90 Å². The molecule has 0 unspecified atom stereocenters. The van der Waals surface area contributed by atoms with Gasteiger partial charge >= 0.3 is 5.97 Å². The van der Waals surface area contributed by atoms with Gasteiger partial charge in [-0.25, -0.2) is 9.79 Å². The second-order valence-electron chi connectivity index (χ2n) is 7.11. The number of nitrogen functional groups attached to an aromatic ring is 1. The number of halogens is 2. The van der Waals surface area contributed by atoms with Crippen molar-refractivity contribution >= 4 is 23.5 Å². The molecule has 3 aromatic rings. The van der Waals surface area contributed by atoms with Gasteiger partial charge in [0.1, 0.15) is 11.6 Å². The predicted octanol–water partition coefficient (Wildman–Crippen LogP) is 2.78. The van der Waals surface area contributed by atoms with Gasteiger partial charge in [-0.2, -0.15) is 13.8 Å². The van der Waals surface area contributed by atoms with Crippen LogP contribution in [-0.4, -0.2) is 41.1 Å². The number of nitrogens with two attached hydrogens (primary N) is 3. The van der Waals surface area contributed by atoms with Crippen LogP contribution in [0.15, 0.2) is 47.5 Å². The zero-order valence-corrected chi connectivity index (χ0v) is 19.3. The minimum absolute atomic E-state index is 0.00391. The number of rotatable bonds is 10. The lowest BCUT2D eigenvalue weighted by Gasteiger charge is -2.15. The monoisotopic (exact) mass is 516 g/mol. The van der Waals surface area contributed by atoms with E-state index in [0.717, 1.165) is 12.1 Å². The zero-order chi connectivity index (χ0) is 27.1. The van der Waals surface area contributed by atoms with Crippen LogP contribution in [0.3, 0.4) is 0 Å². The molecule has 0 aliphatic carbocycles. The molecule has 37 heavy (non-hydrogen) atoms. The molecule has 194 valence electrons. The number of carbonyl (C=O) groups excluding carboxylic acids is 1. The van der Waals surface area contributed by atoms with Crippen molar-refractivity contribution in [3.05, 3.63) is 59.7 Å². The van der Waals surface area contributed by atoms with Crippen LogP contribution in [0.2, 0.25) is 0 Å². The molecule has 12 nitrogen and oxygen atoms in total. The maximum Gasteiger partial charge on any atom is 0.344 e. The van der Waals surface area contributed by atoms with E-state index >= 15 is 8.78 Å². The highest BCUT2D eigenvalue weighted by molar-refractivity contribution is 5.95. The number of guanidine groups is 1. The van der Waals surface area contributed by atoms with E-state index in [1.807, 2.05) is 0 Å². The fourth-order valence-corrected chi connectivity index (χ4v) is 2.82. The Morgan fingerprint density at radius 2 is 1.78 bits per heavy atom. The molecule has 0 amide bonds. The number of amidine groups is 1. The lowest BCUT2D eigenvalue weighted by Crippen LogP contribution is -2.21. The van der Waals surface area contributed by atoms with E-state index in [-0.39, 0.29) is 41.2 Å². The van der Waals surface area contributed by atoms with Gasteiger partial charge in [-0.1, -0.05) is 6.07 Å². The van der Waals surface area contributed by atoms with Gasteiger partial charge < -0.3 is 41.3 Å². The van der Waals surface area contributed by atoms with Crippen LogP contribution in [0.4, 0.5) is 14.5 Å². The number of nitrogens with zero attached hydrogens (tertiary/aromatic N) is 2. The first-order valence-corrected chi connectivity index (χ1v) is 10.5. The highest BCUT2D eigenvalue weighted by Crippen LogP contribution is 2.39. The second kappa shape index (κ2) is 11.5. The van der Waals surface area contributed by atoms with Crippen molar-refractivity contribution in [2.75, 3.05) is 13.2 Å². The molecule has 0 spiro atoms. The summed E-state index contributed by atoms with van der Waals surface area (Å²) in [5.74, 6) is -7.90. The van der Waals surface area contributed by atoms with Crippen LogP contribution in [0, 0.1) is 17.0 Å². The maximum atomic E-state index is 15.2. The van der Waals surface area contributed by atoms with E-state index in [0.29, 0.717) is 0 Å². The number of phenolic OH excluding ortho intramolecular Hbond substituents is 1. The Hall–Kier alpha value is -5.14. The number of hydrogen-bond acceptors (Lipinski definition) is 9. The molecule has 0 bridgehead atoms. The molecule has 1 aromatic heterocycles. The van der Waals surface area contributed by atoms with Crippen LogP contribution < -0.4 is 31.4 Å². The summed E-state index contributed by atoms with van der Waals surface area (Å²) in [7, 11) is 0. The summed E-state index contributed by atoms with van der Waals surface area (Å²) >= 11 is 0. The lowest BCUT2D eigenvalue weighted by atomic mass is 10.2. The van der Waals surface area contributed by atoms with Gasteiger partial charge in [0.25, 0.3) is 11.8 Å². The molecule has 3 rings (SSSR count). The van der Waals surface area contributed by atoms with Crippen molar-refractivity contribution in [1.29, 1.82) is 5.41 Å². The Morgan fingerprint density at radius 1 is 1.08 bits per heavy atom. The summed E-state index contributed by atoms with van der Waals surface area (Å²) in [4.78, 5) is 19.3. The molecule has 0 saturated carbocycles. The largest absolute Gasteiger partial charge is 0.504 e. The zero-order valence-electron chi connectivity index (χ0n) is 19.3. The van der Waals surface area contributed by atoms with E-state index in [2.05, 4.69) is 9.98 Å². The van der Waals surface area contributed by atoms with E-state index in [1.165, 1.54) is 30.3 Å². The third kappa shape index (κ3) is 6.72. The number of hydrogen-bond donors (Lipinski definition) is 5. The number of aliphatic imine (C=N–C) groups is 1. The summed E-state index contributed by atoms with van der Waals surface area (Å²) in [5.41, 5.74) is 16.6. The third-order valence-corrected chi connectivity index (χ3v) is 4.38. The number of aromatic nitrogens is 1. The highest BCUT2D eigenvalue weighted by Gasteiger charge is 2.27. The SMILES string of the molecule is CCOC(=O)COc1c(F)c(Oc2cccc(N=C(N)N)c2)nc(Oc2cc(C(=N)N)ccc2O)c1F. The average Bonchev–Trinajstić information content (AvgIpc) is 2.83. The standard InChI is InChI=1S/C23H22F2N6O6/c1-2-34-16(33)10-35-19-17(24)21(36-13-5-3-4-12(9-13)30-23(28)29)31-22(18(19)25)37-15-8-11(20(26)27)6-7-14(15)32/h3-9,32H,2,10H2,1H3,(H3,26,27)(H4,28,29,30). The molecule has 0 aliphatic rings. The van der Waals surface area contributed by atoms with Gasteiger partial charge in [-0.15, -0.1) is 0 Å². The number of ether oxygens (including phenoxy) is 4. The fourth-order valence-electron chi connectivity index (χ4n) is 2.82. The Morgan fingerprint density at radius 3 is 2.43 bits per heavy atom. The van der Waals surface area contributed by atoms with Crippen LogP contribution in [0.5, 0.6) is 34.8 Å². The Balaban J connectivity index is 2.06. The van der Waals surface area contributed by atoms with Gasteiger partial charge in [-0.05, 0) is 37.3 Å². The minimum Gasteiger partial charge on any atom is -0.504 e. The van der Waals surface area contributed by atoms with Gasteiger partial charge in [0.2, 0.25) is 17.4 Å². The van der Waals surface area contributed by atoms with E-state index in [1.54, 1.807) is 6.92 Å². The molecule has 0 aliphatic heterocycles. The summed E-state index contributed by atoms with van der Waals surface area (Å²) in [6.07, 6.45) is 0. The summed E-state index contributed by atoms with van der Waals surface area (Å²) in [6.45, 7) is 0.723. The van der Waals surface area contributed by atoms with Crippen molar-refractivity contribution in [3.8, 4) is 34.8 Å². The predicted molar refractivity (Wildman–Crippen MR) is 127 cm³/mol. The van der Waals surface area contributed by atoms with Gasteiger partial charge in [0.05, 0.1) is 12.3 Å². The second-order valence-corrected chi connectivity index (χ2v) is 7.11. The number of esters is 1. The first-order chi connectivity index (χ1) is 17.6. The molecule has 0 saturated heterocycles. The topological polar surface area (TPSA) is 201 Å². The molecule has 0 fully saturated rings. The van der Waals surface area contributed by atoms with Crippen LogP contribution in [0.1, 0.15) is 12.5 Å². The van der Waals surface area contributed by atoms with Gasteiger partial charge in [0.15, 0.2) is 24.1 Å². The average molecular weight is 516 g/mol. The first kappa shape index (κ1) is 26.5. The lowest BCUT2D eigenvalue weighted by molar-refractivity contribution is -0.145. The quantitative estimate of drug-likeness (QED) is 0.151. The number of nitrogens with one attached hydrogen (secondary N) is 1. The minimum atomic E-state index is -1.45. The normalized spacial score (nSPS) is 10.4. The number of benzene rings is 2. The molecular formula is C23H22F2N6O6. The van der Waals surface area contributed by atoms with Crippen molar-refractivity contribution in [2.45, 2.75) is 6.92 Å². The molecule has 2 aromatic carbocycles. The van der Waals surface area contributed by atoms with Crippen LogP contribution in [-0.2, 0) is 9.53 Å². The molecule has 1 heterocycles. The van der Waals surface area contributed by atoms with E-state index < -0.39 is 47.5 Å². The van der Waals surface area contributed by atoms with Crippen molar-refractivity contribution in [2.24, 2.45) is 22.2 Å². The molecule has 8 N–H and O–H groups in total. The molecule has 14 heteroatoms. The number of pyridine rings is 1. The third-order valence-electron chi connectivity index (χ3n) is 4.38. The summed E-state index contributed by atoms with van der Waals surface area (Å²) in [5, 5.41) is 17.6. The van der Waals surface area contributed by atoms with Crippen molar-refractivity contribution in [1.82, 2.24) is 4.98 Å². The van der Waals surface area contributed by atoms with Gasteiger partial charge in [-0.3, -0.25) is 5.41 Å². The Labute approximate surface area is 208 Å². The van der Waals surface area contributed by atoms with E-state index in [4.69, 9.17) is 41.6 Å². The van der Waals surface area contributed by atoms with Crippen molar-refractivity contribution in [3.63, 3.8) is 0 Å². The maximum absolute atomic E-state index is 15.2. The number of carbonyl (C=O) groups is 1. The molecular weight excluding hydrogens is 494 g/mol. The van der Waals surface area contributed by atoms with Crippen molar-refractivity contribution < 1.29 is 37.6 Å². The highest BCUT2D eigenvalue weighted by atomic mass is 19.1. The summed E-state index contributed by atoms with van der Waals surface area (Å²) in [6, 6.07) is 9.40. The Kier molecular flexibility index (Phi) is 8.24. The fraction of sp³-hybridized carbons (Fsp3) is 0.130. The summed E-state index contributed by atoms with van der Waals surface area (Å²) < 4.78 is 51.0. The molecule has 0 radical (unpaired) electrons.